The van der Waals surface area contributed by atoms with Gasteiger partial charge in [0.15, 0.2) is 0 Å². The Morgan fingerprint density at radius 2 is 2.11 bits per heavy atom. The minimum absolute atomic E-state index is 0.0396. The number of aliphatic hydroxyl groups excluding tert-OH is 1. The molecule has 4 heteroatoms. The molecule has 0 atom stereocenters. The first-order valence-electron chi connectivity index (χ1n) is 6.51. The highest BCUT2D eigenvalue weighted by Crippen LogP contribution is 2.19. The number of carbonyl (C=O) groups excluding carboxylic acids is 1. The molecule has 4 N–H and O–H groups in total. The van der Waals surface area contributed by atoms with E-state index in [2.05, 4.69) is 5.32 Å². The highest BCUT2D eigenvalue weighted by molar-refractivity contribution is 5.95. The summed E-state index contributed by atoms with van der Waals surface area (Å²) in [6.45, 7) is 0.0396. The number of rotatable bonds is 4. The predicted octanol–water partition coefficient (Wildman–Crippen LogP) is 1.48. The van der Waals surface area contributed by atoms with Crippen molar-refractivity contribution in [2.75, 3.05) is 12.3 Å². The van der Waals surface area contributed by atoms with E-state index in [0.717, 1.165) is 18.4 Å². The maximum atomic E-state index is 12.1. The molecule has 0 heterocycles. The number of nitrogen functional groups attached to an aromatic ring is 1. The van der Waals surface area contributed by atoms with Gasteiger partial charge in [-0.3, -0.25) is 4.79 Å². The molecule has 0 unspecified atom stereocenters. The molecule has 0 radical (unpaired) electrons. The monoisotopic (exact) mass is 248 g/mol. The van der Waals surface area contributed by atoms with Gasteiger partial charge in [-0.15, -0.1) is 0 Å². The molecule has 1 aromatic carbocycles. The van der Waals surface area contributed by atoms with Crippen molar-refractivity contribution >= 4 is 11.6 Å². The van der Waals surface area contributed by atoms with Gasteiger partial charge in [0, 0.05) is 23.9 Å². The summed E-state index contributed by atoms with van der Waals surface area (Å²) in [5.74, 6) is -0.0407. The van der Waals surface area contributed by atoms with Crippen molar-refractivity contribution in [1.82, 2.24) is 5.32 Å². The number of aliphatic hydroxyl groups is 1. The van der Waals surface area contributed by atoms with Crippen LogP contribution in [0.15, 0.2) is 18.2 Å². The Labute approximate surface area is 107 Å². The van der Waals surface area contributed by atoms with E-state index in [-0.39, 0.29) is 12.5 Å². The molecule has 0 aliphatic heterocycles. The lowest BCUT2D eigenvalue weighted by atomic mass is 10.1. The van der Waals surface area contributed by atoms with Gasteiger partial charge in [0.25, 0.3) is 5.91 Å². The van der Waals surface area contributed by atoms with Gasteiger partial charge < -0.3 is 16.2 Å². The Kier molecular flexibility index (Phi) is 4.20. The molecule has 98 valence electrons. The van der Waals surface area contributed by atoms with Crippen LogP contribution in [0.2, 0.25) is 0 Å². The molecule has 1 aromatic rings. The van der Waals surface area contributed by atoms with Gasteiger partial charge in [0.05, 0.1) is 0 Å². The van der Waals surface area contributed by atoms with Crippen LogP contribution in [0.4, 0.5) is 5.69 Å². The molecule has 1 aliphatic rings. The van der Waals surface area contributed by atoms with Crippen molar-refractivity contribution in [1.29, 1.82) is 0 Å². The smallest absolute Gasteiger partial charge is 0.251 e. The van der Waals surface area contributed by atoms with E-state index in [4.69, 9.17) is 10.8 Å². The zero-order chi connectivity index (χ0) is 13.0. The summed E-state index contributed by atoms with van der Waals surface area (Å²) in [6.07, 6.45) is 5.02. The summed E-state index contributed by atoms with van der Waals surface area (Å²) in [4.78, 5) is 12.1. The number of anilines is 1. The summed E-state index contributed by atoms with van der Waals surface area (Å²) in [5.41, 5.74) is 7.88. The third kappa shape index (κ3) is 3.01. The van der Waals surface area contributed by atoms with Crippen LogP contribution in [0, 0.1) is 0 Å². The normalized spacial score (nSPS) is 15.8. The van der Waals surface area contributed by atoms with E-state index in [0.29, 0.717) is 23.7 Å². The molecule has 0 spiro atoms. The van der Waals surface area contributed by atoms with Gasteiger partial charge in [0.1, 0.15) is 0 Å². The van der Waals surface area contributed by atoms with E-state index in [1.807, 2.05) is 0 Å². The first-order valence-corrected chi connectivity index (χ1v) is 6.51. The van der Waals surface area contributed by atoms with Gasteiger partial charge in [0.2, 0.25) is 0 Å². The fourth-order valence-electron chi connectivity index (χ4n) is 2.42. The van der Waals surface area contributed by atoms with Crippen LogP contribution in [0.25, 0.3) is 0 Å². The lowest BCUT2D eigenvalue weighted by Crippen LogP contribution is -2.32. The highest BCUT2D eigenvalue weighted by Gasteiger charge is 2.18. The number of benzene rings is 1. The van der Waals surface area contributed by atoms with Crippen LogP contribution in [-0.2, 0) is 6.42 Å². The number of nitrogens with two attached hydrogens (primary N) is 1. The van der Waals surface area contributed by atoms with Crippen LogP contribution in [0.3, 0.4) is 0 Å². The highest BCUT2D eigenvalue weighted by atomic mass is 16.3. The predicted molar refractivity (Wildman–Crippen MR) is 71.4 cm³/mol. The molecular weight excluding hydrogens is 228 g/mol. The first kappa shape index (κ1) is 12.9. The summed E-state index contributed by atoms with van der Waals surface area (Å²) in [5, 5.41) is 12.0. The van der Waals surface area contributed by atoms with Crippen LogP contribution in [0.5, 0.6) is 0 Å². The molecule has 2 rings (SSSR count). The van der Waals surface area contributed by atoms with Crippen molar-refractivity contribution in [3.63, 3.8) is 0 Å². The Balaban J connectivity index is 2.07. The zero-order valence-corrected chi connectivity index (χ0v) is 10.5. The third-order valence-electron chi connectivity index (χ3n) is 3.48. The molecule has 18 heavy (non-hydrogen) atoms. The SMILES string of the molecule is Nc1ccc(C(=O)NC2CCCC2)cc1CCO. The second-order valence-electron chi connectivity index (χ2n) is 4.84. The van der Waals surface area contributed by atoms with Crippen molar-refractivity contribution in [3.05, 3.63) is 29.3 Å². The van der Waals surface area contributed by atoms with Crippen LogP contribution in [-0.4, -0.2) is 23.7 Å². The number of nitrogens with one attached hydrogen (secondary N) is 1. The van der Waals surface area contributed by atoms with Crippen molar-refractivity contribution in [2.45, 2.75) is 38.1 Å². The van der Waals surface area contributed by atoms with Crippen molar-refractivity contribution < 1.29 is 9.90 Å². The number of hydrogen-bond acceptors (Lipinski definition) is 3. The minimum Gasteiger partial charge on any atom is -0.399 e. The maximum Gasteiger partial charge on any atom is 0.251 e. The van der Waals surface area contributed by atoms with E-state index < -0.39 is 0 Å². The third-order valence-corrected chi connectivity index (χ3v) is 3.48. The average molecular weight is 248 g/mol. The van der Waals surface area contributed by atoms with Gasteiger partial charge in [-0.25, -0.2) is 0 Å². The summed E-state index contributed by atoms with van der Waals surface area (Å²) >= 11 is 0. The first-order chi connectivity index (χ1) is 8.70. The fourth-order valence-corrected chi connectivity index (χ4v) is 2.42. The molecule has 1 aliphatic carbocycles. The van der Waals surface area contributed by atoms with Gasteiger partial charge >= 0.3 is 0 Å². The summed E-state index contributed by atoms with van der Waals surface area (Å²) in [6, 6.07) is 5.56. The molecule has 1 fully saturated rings. The van der Waals surface area contributed by atoms with Crippen molar-refractivity contribution in [3.8, 4) is 0 Å². The lowest BCUT2D eigenvalue weighted by Gasteiger charge is -2.13. The lowest BCUT2D eigenvalue weighted by molar-refractivity contribution is 0.0937. The standard InChI is InChI=1S/C14H20N2O2/c15-13-6-5-11(9-10(13)7-8-17)14(18)16-12-3-1-2-4-12/h5-6,9,12,17H,1-4,7-8,15H2,(H,16,18). The fraction of sp³-hybridized carbons (Fsp3) is 0.500. The number of amides is 1. The van der Waals surface area contributed by atoms with E-state index in [1.54, 1.807) is 18.2 Å². The number of hydrogen-bond donors (Lipinski definition) is 3. The van der Waals surface area contributed by atoms with E-state index in [9.17, 15) is 4.79 Å². The van der Waals surface area contributed by atoms with Crippen molar-refractivity contribution in [2.24, 2.45) is 0 Å². The van der Waals surface area contributed by atoms with E-state index in [1.165, 1.54) is 12.8 Å². The van der Waals surface area contributed by atoms with Crippen LogP contribution in [0.1, 0.15) is 41.6 Å². The molecule has 1 saturated carbocycles. The average Bonchev–Trinajstić information content (AvgIpc) is 2.85. The second kappa shape index (κ2) is 5.87. The Morgan fingerprint density at radius 3 is 2.78 bits per heavy atom. The largest absolute Gasteiger partial charge is 0.399 e. The topological polar surface area (TPSA) is 75.4 Å². The van der Waals surface area contributed by atoms with Gasteiger partial charge in [-0.05, 0) is 43.0 Å². The van der Waals surface area contributed by atoms with Crippen LogP contribution < -0.4 is 11.1 Å². The van der Waals surface area contributed by atoms with Gasteiger partial charge in [-0.2, -0.15) is 0 Å². The molecule has 0 saturated heterocycles. The molecule has 1 amide bonds. The molecule has 0 aromatic heterocycles. The Morgan fingerprint density at radius 1 is 1.39 bits per heavy atom. The van der Waals surface area contributed by atoms with Crippen LogP contribution >= 0.6 is 0 Å². The Hall–Kier alpha value is -1.55. The second-order valence-corrected chi connectivity index (χ2v) is 4.84. The number of carbonyl (C=O) groups is 1. The maximum absolute atomic E-state index is 12.1. The summed E-state index contributed by atoms with van der Waals surface area (Å²) in [7, 11) is 0. The van der Waals surface area contributed by atoms with Gasteiger partial charge in [-0.1, -0.05) is 12.8 Å². The minimum atomic E-state index is -0.0407. The molecule has 4 nitrogen and oxygen atoms in total. The quantitative estimate of drug-likeness (QED) is 0.706. The molecular formula is C14H20N2O2. The van der Waals surface area contributed by atoms with E-state index >= 15 is 0 Å². The Bertz CT molecular complexity index is 426. The summed E-state index contributed by atoms with van der Waals surface area (Å²) < 4.78 is 0. The zero-order valence-electron chi connectivity index (χ0n) is 10.5. The molecule has 0 bridgehead atoms.